The van der Waals surface area contributed by atoms with Crippen LogP contribution in [-0.4, -0.2) is 17.9 Å². The SMILES string of the molecule is CC(=O)O[C@H]1CC[C@@]2(C)C(=CC[C@@H]3[C@@H]2CC[C@]2(C)C(C(=O)/C=C/c4ccc(C)cc4)CC[C@@H]32)C1. The van der Waals surface area contributed by atoms with Crippen molar-refractivity contribution in [2.45, 2.75) is 85.2 Å². The third-order valence-corrected chi connectivity index (χ3v) is 10.3. The van der Waals surface area contributed by atoms with Gasteiger partial charge in [0.1, 0.15) is 6.10 Å². The van der Waals surface area contributed by atoms with Gasteiger partial charge in [0, 0.05) is 19.3 Å². The van der Waals surface area contributed by atoms with Gasteiger partial charge >= 0.3 is 5.97 Å². The van der Waals surface area contributed by atoms with Crippen LogP contribution in [-0.2, 0) is 14.3 Å². The van der Waals surface area contributed by atoms with Gasteiger partial charge in [-0.15, -0.1) is 0 Å². The summed E-state index contributed by atoms with van der Waals surface area (Å²) in [5, 5.41) is 0. The molecule has 0 bridgehead atoms. The molecule has 0 heterocycles. The minimum atomic E-state index is -0.158. The van der Waals surface area contributed by atoms with Gasteiger partial charge in [-0.2, -0.15) is 0 Å². The molecule has 0 amide bonds. The lowest BCUT2D eigenvalue weighted by atomic mass is 9.47. The first-order valence-corrected chi connectivity index (χ1v) is 13.4. The molecule has 1 unspecified atom stereocenters. The van der Waals surface area contributed by atoms with Crippen LogP contribution in [0.1, 0.15) is 83.3 Å². The van der Waals surface area contributed by atoms with Gasteiger partial charge < -0.3 is 4.74 Å². The summed E-state index contributed by atoms with van der Waals surface area (Å²) < 4.78 is 5.58. The van der Waals surface area contributed by atoms with Crippen molar-refractivity contribution in [3.8, 4) is 0 Å². The van der Waals surface area contributed by atoms with Gasteiger partial charge in [0.15, 0.2) is 5.78 Å². The molecule has 0 saturated heterocycles. The topological polar surface area (TPSA) is 43.4 Å². The summed E-state index contributed by atoms with van der Waals surface area (Å²) in [7, 11) is 0. The van der Waals surface area contributed by atoms with E-state index < -0.39 is 0 Å². The maximum atomic E-state index is 13.4. The molecule has 3 saturated carbocycles. The molecule has 0 N–H and O–H groups in total. The molecule has 34 heavy (non-hydrogen) atoms. The minimum absolute atomic E-state index is 0.0519. The highest BCUT2D eigenvalue weighted by molar-refractivity contribution is 5.96. The van der Waals surface area contributed by atoms with E-state index in [9.17, 15) is 9.59 Å². The van der Waals surface area contributed by atoms with Gasteiger partial charge in [-0.05, 0) is 92.1 Å². The summed E-state index contributed by atoms with van der Waals surface area (Å²) in [4.78, 5) is 24.9. The van der Waals surface area contributed by atoms with Crippen LogP contribution in [0, 0.1) is 41.4 Å². The highest BCUT2D eigenvalue weighted by Gasteiger charge is 2.59. The second-order valence-corrected chi connectivity index (χ2v) is 12.1. The summed E-state index contributed by atoms with van der Waals surface area (Å²) in [6.45, 7) is 8.51. The molecule has 182 valence electrons. The minimum Gasteiger partial charge on any atom is -0.462 e. The molecular weight excluding hydrogens is 420 g/mol. The van der Waals surface area contributed by atoms with Crippen molar-refractivity contribution in [1.82, 2.24) is 0 Å². The van der Waals surface area contributed by atoms with Crippen LogP contribution in [0.3, 0.4) is 0 Å². The summed E-state index contributed by atoms with van der Waals surface area (Å²) in [6.07, 6.45) is 15.1. The van der Waals surface area contributed by atoms with Crippen molar-refractivity contribution in [3.05, 3.63) is 53.1 Å². The fourth-order valence-electron chi connectivity index (χ4n) is 8.40. The molecule has 4 aliphatic carbocycles. The summed E-state index contributed by atoms with van der Waals surface area (Å²) in [5.74, 6) is 2.32. The van der Waals surface area contributed by atoms with E-state index in [4.69, 9.17) is 4.74 Å². The highest BCUT2D eigenvalue weighted by atomic mass is 16.5. The maximum absolute atomic E-state index is 13.4. The van der Waals surface area contributed by atoms with Gasteiger partial charge in [0.25, 0.3) is 0 Å². The van der Waals surface area contributed by atoms with E-state index >= 15 is 0 Å². The molecule has 7 atom stereocenters. The normalized spacial score (nSPS) is 39.1. The second kappa shape index (κ2) is 8.81. The molecule has 1 aromatic carbocycles. The van der Waals surface area contributed by atoms with E-state index in [2.05, 4.69) is 51.1 Å². The second-order valence-electron chi connectivity index (χ2n) is 12.1. The first kappa shape index (κ1) is 23.6. The fraction of sp³-hybridized carbons (Fsp3) is 0.613. The number of allylic oxidation sites excluding steroid dienone is 2. The van der Waals surface area contributed by atoms with Gasteiger partial charge in [-0.3, -0.25) is 9.59 Å². The van der Waals surface area contributed by atoms with Crippen LogP contribution < -0.4 is 0 Å². The maximum Gasteiger partial charge on any atom is 0.302 e. The Hall–Kier alpha value is -2.16. The number of benzene rings is 1. The van der Waals surface area contributed by atoms with Crippen molar-refractivity contribution < 1.29 is 14.3 Å². The van der Waals surface area contributed by atoms with E-state index in [1.54, 1.807) is 0 Å². The summed E-state index contributed by atoms with van der Waals surface area (Å²) in [5.41, 5.74) is 4.22. The lowest BCUT2D eigenvalue weighted by Crippen LogP contribution is -2.51. The van der Waals surface area contributed by atoms with E-state index in [-0.39, 0.29) is 28.8 Å². The Balaban J connectivity index is 1.32. The Labute approximate surface area is 205 Å². The van der Waals surface area contributed by atoms with Gasteiger partial charge in [-0.25, -0.2) is 0 Å². The third kappa shape index (κ3) is 3.99. The molecular formula is C31H40O3. The number of carbonyl (C=O) groups is 2. The molecule has 3 heteroatoms. The quantitative estimate of drug-likeness (QED) is 0.274. The third-order valence-electron chi connectivity index (χ3n) is 10.3. The Morgan fingerprint density at radius 3 is 2.50 bits per heavy atom. The van der Waals surface area contributed by atoms with Crippen LogP contribution in [0.4, 0.5) is 0 Å². The van der Waals surface area contributed by atoms with Crippen molar-refractivity contribution in [2.24, 2.45) is 34.5 Å². The van der Waals surface area contributed by atoms with E-state index in [0.717, 1.165) is 44.1 Å². The fourth-order valence-corrected chi connectivity index (χ4v) is 8.40. The molecule has 5 rings (SSSR count). The number of aryl methyl sites for hydroxylation is 1. The predicted molar refractivity (Wildman–Crippen MR) is 136 cm³/mol. The highest BCUT2D eigenvalue weighted by Crippen LogP contribution is 2.66. The van der Waals surface area contributed by atoms with Crippen LogP contribution in [0.2, 0.25) is 0 Å². The van der Waals surface area contributed by atoms with Crippen LogP contribution in [0.5, 0.6) is 0 Å². The van der Waals surface area contributed by atoms with Crippen molar-refractivity contribution >= 4 is 17.8 Å². The smallest absolute Gasteiger partial charge is 0.302 e. The zero-order chi connectivity index (χ0) is 24.1. The first-order valence-electron chi connectivity index (χ1n) is 13.4. The number of ketones is 1. The zero-order valence-electron chi connectivity index (χ0n) is 21.3. The molecule has 0 radical (unpaired) electrons. The first-order chi connectivity index (χ1) is 16.2. The van der Waals surface area contributed by atoms with Gasteiger partial charge in [-0.1, -0.05) is 61.4 Å². The monoisotopic (exact) mass is 460 g/mol. The summed E-state index contributed by atoms with van der Waals surface area (Å²) >= 11 is 0. The molecule has 0 spiro atoms. The molecule has 0 aromatic heterocycles. The zero-order valence-corrected chi connectivity index (χ0v) is 21.3. The Morgan fingerprint density at radius 1 is 1.00 bits per heavy atom. The molecule has 1 aromatic rings. The standard InChI is InChI=1S/C31H40O3/c1-20-5-7-22(8-6-20)9-14-29(33)28-13-12-26-25-11-10-23-19-24(34-21(2)32)15-17-30(23,3)27(25)16-18-31(26,28)4/h5-10,14,24-28H,11-13,15-19H2,1-4H3/b14-9+/t24-,25-,26-,27-,28?,30-,31-/m0/s1. The Morgan fingerprint density at radius 2 is 1.76 bits per heavy atom. The number of rotatable bonds is 4. The number of fused-ring (bicyclic) bond motifs is 5. The van der Waals surface area contributed by atoms with Crippen molar-refractivity contribution in [3.63, 3.8) is 0 Å². The number of carbonyl (C=O) groups excluding carboxylic acids is 2. The van der Waals surface area contributed by atoms with Crippen LogP contribution >= 0.6 is 0 Å². The number of hydrogen-bond donors (Lipinski definition) is 0. The lowest BCUT2D eigenvalue weighted by Gasteiger charge is -2.58. The van der Waals surface area contributed by atoms with Gasteiger partial charge in [0.05, 0.1) is 0 Å². The Bertz CT molecular complexity index is 1020. The number of esters is 1. The lowest BCUT2D eigenvalue weighted by molar-refractivity contribution is -0.149. The Kier molecular flexibility index (Phi) is 6.11. The predicted octanol–water partition coefficient (Wildman–Crippen LogP) is 7.09. The average molecular weight is 461 g/mol. The van der Waals surface area contributed by atoms with E-state index in [1.165, 1.54) is 30.9 Å². The largest absolute Gasteiger partial charge is 0.462 e. The van der Waals surface area contributed by atoms with Crippen molar-refractivity contribution in [1.29, 1.82) is 0 Å². The molecule has 3 nitrogen and oxygen atoms in total. The van der Waals surface area contributed by atoms with Crippen LogP contribution in [0.25, 0.3) is 6.08 Å². The van der Waals surface area contributed by atoms with E-state index in [1.807, 2.05) is 12.2 Å². The molecule has 4 aliphatic rings. The molecule has 0 aliphatic heterocycles. The number of ether oxygens (including phenoxy) is 1. The van der Waals surface area contributed by atoms with E-state index in [0.29, 0.717) is 23.5 Å². The van der Waals surface area contributed by atoms with Crippen LogP contribution in [0.15, 0.2) is 42.0 Å². The van der Waals surface area contributed by atoms with Gasteiger partial charge in [0.2, 0.25) is 0 Å². The molecule has 3 fully saturated rings. The van der Waals surface area contributed by atoms with Crippen molar-refractivity contribution in [2.75, 3.05) is 0 Å². The summed E-state index contributed by atoms with van der Waals surface area (Å²) in [6, 6.07) is 8.38. The average Bonchev–Trinajstić information content (AvgIpc) is 3.16. The number of hydrogen-bond acceptors (Lipinski definition) is 3.